The van der Waals surface area contributed by atoms with E-state index in [-0.39, 0.29) is 5.56 Å². The lowest BCUT2D eigenvalue weighted by Crippen LogP contribution is -3.27. The zero-order valence-electron chi connectivity index (χ0n) is 16.9. The predicted octanol–water partition coefficient (Wildman–Crippen LogP) is 1.14. The largest absolute Gasteiger partial charge is 0.322 e. The van der Waals surface area contributed by atoms with Crippen molar-refractivity contribution < 1.29 is 9.80 Å². The number of benzene rings is 2. The molecule has 5 nitrogen and oxygen atoms in total. The van der Waals surface area contributed by atoms with E-state index >= 15 is 0 Å². The molecule has 6 heteroatoms. The Morgan fingerprint density at radius 1 is 0.867 bits per heavy atom. The lowest BCUT2D eigenvalue weighted by atomic mass is 10.2. The van der Waals surface area contributed by atoms with Gasteiger partial charge in [0.25, 0.3) is 5.56 Å². The van der Waals surface area contributed by atoms with Crippen LogP contribution in [0.4, 0.5) is 0 Å². The molecule has 0 amide bonds. The number of fused-ring (bicyclic) bond motifs is 1. The molecule has 5 rings (SSSR count). The molecule has 1 fully saturated rings. The summed E-state index contributed by atoms with van der Waals surface area (Å²) in [5, 5.41) is 0.690. The van der Waals surface area contributed by atoms with Gasteiger partial charge in [0.1, 0.15) is 44.1 Å². The SMILES string of the molecule is O=c1[nH]c(C[NH+]2CC[NH+](Cc3ccccc3)CC2)nc2sc(-c3ccccc3)cc12. The number of quaternary nitrogens is 2. The van der Waals surface area contributed by atoms with Crippen molar-refractivity contribution in [2.75, 3.05) is 26.2 Å². The molecule has 2 aromatic heterocycles. The van der Waals surface area contributed by atoms with Gasteiger partial charge in [-0.1, -0.05) is 60.7 Å². The number of H-pyrrole nitrogens is 1. The molecule has 2 aromatic carbocycles. The van der Waals surface area contributed by atoms with E-state index < -0.39 is 0 Å². The van der Waals surface area contributed by atoms with E-state index in [0.29, 0.717) is 5.39 Å². The second-order valence-electron chi connectivity index (χ2n) is 8.05. The third-order valence-corrected chi connectivity index (χ3v) is 6.97. The molecule has 0 aliphatic carbocycles. The Hall–Kier alpha value is -2.80. The highest BCUT2D eigenvalue weighted by Crippen LogP contribution is 2.30. The first kappa shape index (κ1) is 19.2. The van der Waals surface area contributed by atoms with Crippen molar-refractivity contribution in [3.05, 3.63) is 88.5 Å². The van der Waals surface area contributed by atoms with E-state index in [2.05, 4.69) is 47.4 Å². The van der Waals surface area contributed by atoms with Crippen LogP contribution in [-0.4, -0.2) is 36.1 Å². The molecule has 3 N–H and O–H groups in total. The second-order valence-corrected chi connectivity index (χ2v) is 9.08. The second kappa shape index (κ2) is 8.52. The van der Waals surface area contributed by atoms with Gasteiger partial charge in [0.05, 0.1) is 5.39 Å². The minimum atomic E-state index is -0.0267. The minimum Gasteiger partial charge on any atom is -0.322 e. The summed E-state index contributed by atoms with van der Waals surface area (Å²) in [6.07, 6.45) is 0. The van der Waals surface area contributed by atoms with Gasteiger partial charge in [-0.25, -0.2) is 4.98 Å². The van der Waals surface area contributed by atoms with Gasteiger partial charge in [0.15, 0.2) is 5.82 Å². The molecule has 0 unspecified atom stereocenters. The first-order valence-corrected chi connectivity index (χ1v) is 11.4. The van der Waals surface area contributed by atoms with Crippen LogP contribution in [0.25, 0.3) is 20.7 Å². The fraction of sp³-hybridized carbons (Fsp3) is 0.250. The van der Waals surface area contributed by atoms with Gasteiger partial charge in [0, 0.05) is 10.4 Å². The number of aromatic nitrogens is 2. The van der Waals surface area contributed by atoms with E-state index in [9.17, 15) is 4.79 Å². The van der Waals surface area contributed by atoms with E-state index in [0.717, 1.165) is 60.4 Å². The topological polar surface area (TPSA) is 54.6 Å². The lowest BCUT2D eigenvalue weighted by molar-refractivity contribution is -1.02. The Balaban J connectivity index is 1.26. The Morgan fingerprint density at radius 2 is 1.50 bits per heavy atom. The molecular weight excluding hydrogens is 392 g/mol. The molecule has 0 bridgehead atoms. The molecule has 0 spiro atoms. The Bertz CT molecular complexity index is 1180. The summed E-state index contributed by atoms with van der Waals surface area (Å²) in [7, 11) is 0. The highest BCUT2D eigenvalue weighted by Gasteiger charge is 2.24. The minimum absolute atomic E-state index is 0.0267. The number of aromatic amines is 1. The zero-order chi connectivity index (χ0) is 20.3. The van der Waals surface area contributed by atoms with Crippen LogP contribution < -0.4 is 15.4 Å². The van der Waals surface area contributed by atoms with Gasteiger partial charge in [-0.05, 0) is 11.6 Å². The van der Waals surface area contributed by atoms with Gasteiger partial charge in [0.2, 0.25) is 0 Å². The molecule has 1 aliphatic heterocycles. The third-order valence-electron chi connectivity index (χ3n) is 5.89. The van der Waals surface area contributed by atoms with Crippen molar-refractivity contribution in [3.8, 4) is 10.4 Å². The Kier molecular flexibility index (Phi) is 5.45. The van der Waals surface area contributed by atoms with E-state index in [1.807, 2.05) is 24.3 Å². The van der Waals surface area contributed by atoms with Crippen molar-refractivity contribution in [1.82, 2.24) is 9.97 Å². The number of hydrogen-bond acceptors (Lipinski definition) is 3. The third kappa shape index (κ3) is 4.21. The first-order valence-electron chi connectivity index (χ1n) is 10.5. The monoisotopic (exact) mass is 418 g/mol. The summed E-state index contributed by atoms with van der Waals surface area (Å²) >= 11 is 1.60. The highest BCUT2D eigenvalue weighted by molar-refractivity contribution is 7.21. The van der Waals surface area contributed by atoms with Crippen LogP contribution in [0.5, 0.6) is 0 Å². The fourth-order valence-corrected chi connectivity index (χ4v) is 5.29. The van der Waals surface area contributed by atoms with Gasteiger partial charge >= 0.3 is 0 Å². The van der Waals surface area contributed by atoms with E-state index in [4.69, 9.17) is 4.98 Å². The van der Waals surface area contributed by atoms with Gasteiger partial charge < -0.3 is 14.8 Å². The van der Waals surface area contributed by atoms with Gasteiger partial charge in [-0.2, -0.15) is 0 Å². The highest BCUT2D eigenvalue weighted by atomic mass is 32.1. The number of rotatable bonds is 5. The normalized spacial score (nSPS) is 19.2. The standard InChI is InChI=1S/C24H24N4OS/c29-23-20-15-21(19-9-5-2-6-10-19)30-24(20)26-22(25-23)17-28-13-11-27(12-14-28)16-18-7-3-1-4-8-18/h1-10,15H,11-14,16-17H2,(H,25,26,29)/p+2. The van der Waals surface area contributed by atoms with Crippen LogP contribution in [-0.2, 0) is 13.1 Å². The summed E-state index contributed by atoms with van der Waals surface area (Å²) in [6.45, 7) is 6.37. The molecule has 152 valence electrons. The molecule has 30 heavy (non-hydrogen) atoms. The van der Waals surface area contributed by atoms with Crippen LogP contribution in [0.3, 0.4) is 0 Å². The van der Waals surface area contributed by atoms with E-state index in [1.165, 1.54) is 10.5 Å². The Morgan fingerprint density at radius 3 is 2.20 bits per heavy atom. The number of hydrogen-bond donors (Lipinski definition) is 3. The molecule has 0 atom stereocenters. The molecule has 0 saturated carbocycles. The summed E-state index contributed by atoms with van der Waals surface area (Å²) in [5.41, 5.74) is 2.50. The van der Waals surface area contributed by atoms with Crippen molar-refractivity contribution >= 4 is 21.6 Å². The van der Waals surface area contributed by atoms with Crippen LogP contribution in [0.1, 0.15) is 11.4 Å². The number of nitrogens with one attached hydrogen (secondary N) is 3. The molecule has 0 radical (unpaired) electrons. The molecule has 3 heterocycles. The lowest BCUT2D eigenvalue weighted by Gasteiger charge is -2.29. The molecule has 1 saturated heterocycles. The van der Waals surface area contributed by atoms with Crippen LogP contribution in [0.15, 0.2) is 71.5 Å². The average Bonchev–Trinajstić information content (AvgIpc) is 3.21. The van der Waals surface area contributed by atoms with Crippen molar-refractivity contribution in [2.24, 2.45) is 0 Å². The van der Waals surface area contributed by atoms with Crippen LogP contribution in [0, 0.1) is 0 Å². The van der Waals surface area contributed by atoms with Crippen LogP contribution >= 0.6 is 11.3 Å². The van der Waals surface area contributed by atoms with Crippen molar-refractivity contribution in [3.63, 3.8) is 0 Å². The van der Waals surface area contributed by atoms with Gasteiger partial charge in [-0.15, -0.1) is 11.3 Å². The summed E-state index contributed by atoms with van der Waals surface area (Å²) < 4.78 is 0. The first-order chi connectivity index (χ1) is 14.7. The number of thiophene rings is 1. The van der Waals surface area contributed by atoms with Gasteiger partial charge in [-0.3, -0.25) is 4.79 Å². The molecule has 1 aliphatic rings. The molecule has 4 aromatic rings. The summed E-state index contributed by atoms with van der Waals surface area (Å²) in [4.78, 5) is 25.5. The van der Waals surface area contributed by atoms with Crippen molar-refractivity contribution in [2.45, 2.75) is 13.1 Å². The van der Waals surface area contributed by atoms with E-state index in [1.54, 1.807) is 16.2 Å². The van der Waals surface area contributed by atoms with Crippen LogP contribution in [0.2, 0.25) is 0 Å². The maximum absolute atomic E-state index is 12.6. The quantitative estimate of drug-likeness (QED) is 0.455. The zero-order valence-corrected chi connectivity index (χ0v) is 17.7. The fourth-order valence-electron chi connectivity index (χ4n) is 4.24. The predicted molar refractivity (Wildman–Crippen MR) is 121 cm³/mol. The average molecular weight is 419 g/mol. The summed E-state index contributed by atoms with van der Waals surface area (Å²) in [6, 6.07) is 22.9. The maximum Gasteiger partial charge on any atom is 0.259 e. The number of nitrogens with zero attached hydrogens (tertiary/aromatic N) is 1. The molecular formula is C24H26N4OS+2. The Labute approximate surface area is 179 Å². The smallest absolute Gasteiger partial charge is 0.259 e. The maximum atomic E-state index is 12.6. The number of piperazine rings is 1. The van der Waals surface area contributed by atoms with Crippen molar-refractivity contribution in [1.29, 1.82) is 0 Å². The summed E-state index contributed by atoms with van der Waals surface area (Å²) in [5.74, 6) is 0.801.